The van der Waals surface area contributed by atoms with Crippen molar-refractivity contribution in [3.05, 3.63) is 58.5 Å². The zero-order valence-electron chi connectivity index (χ0n) is 18.1. The molecule has 1 amide bonds. The van der Waals surface area contributed by atoms with Gasteiger partial charge in [0.1, 0.15) is 21.4 Å². The summed E-state index contributed by atoms with van der Waals surface area (Å²) in [4.78, 5) is 13.9. The molecule has 1 aliphatic heterocycles. The number of rotatable bonds is 6. The summed E-state index contributed by atoms with van der Waals surface area (Å²) in [5.41, 5.74) is 1.52. The highest BCUT2D eigenvalue weighted by Gasteiger charge is 2.30. The molecule has 0 radical (unpaired) electrons. The van der Waals surface area contributed by atoms with Crippen molar-refractivity contribution in [2.45, 2.75) is 18.1 Å². The SMILES string of the molecule is CC(=O)Nc1c(C)noc1C=Cc1ccc(S(=O)(=O)N2CCN(c3ccccc3F)CC2)s1. The van der Waals surface area contributed by atoms with Gasteiger partial charge in [-0.15, -0.1) is 11.3 Å². The average Bonchev–Trinajstić information content (AvgIpc) is 3.40. The van der Waals surface area contributed by atoms with E-state index in [-0.39, 0.29) is 29.0 Å². The van der Waals surface area contributed by atoms with Crippen LogP contribution in [0.15, 0.2) is 45.1 Å². The largest absolute Gasteiger partial charge is 0.367 e. The number of aryl methyl sites for hydroxylation is 1. The van der Waals surface area contributed by atoms with Crippen molar-refractivity contribution in [1.82, 2.24) is 9.46 Å². The molecule has 0 atom stereocenters. The van der Waals surface area contributed by atoms with Crippen molar-refractivity contribution in [2.24, 2.45) is 0 Å². The molecule has 0 bridgehead atoms. The number of para-hydroxylation sites is 1. The van der Waals surface area contributed by atoms with E-state index in [2.05, 4.69) is 10.5 Å². The van der Waals surface area contributed by atoms with E-state index in [4.69, 9.17) is 4.52 Å². The van der Waals surface area contributed by atoms with Gasteiger partial charge in [-0.25, -0.2) is 12.8 Å². The number of benzene rings is 1. The van der Waals surface area contributed by atoms with Gasteiger partial charge in [-0.2, -0.15) is 4.31 Å². The number of carbonyl (C=O) groups excluding carboxylic acids is 1. The summed E-state index contributed by atoms with van der Waals surface area (Å²) >= 11 is 1.14. The Kier molecular flexibility index (Phi) is 6.63. The van der Waals surface area contributed by atoms with E-state index in [1.165, 1.54) is 17.3 Å². The van der Waals surface area contributed by atoms with E-state index in [9.17, 15) is 17.6 Å². The van der Waals surface area contributed by atoms with Crippen LogP contribution in [0.3, 0.4) is 0 Å². The van der Waals surface area contributed by atoms with E-state index in [0.29, 0.717) is 40.8 Å². The zero-order chi connectivity index (χ0) is 23.6. The first-order valence-corrected chi connectivity index (χ1v) is 12.5. The maximum absolute atomic E-state index is 14.0. The number of aromatic nitrogens is 1. The van der Waals surface area contributed by atoms with Crippen molar-refractivity contribution in [2.75, 3.05) is 36.4 Å². The predicted molar refractivity (Wildman–Crippen MR) is 126 cm³/mol. The Balaban J connectivity index is 1.45. The van der Waals surface area contributed by atoms with Crippen molar-refractivity contribution < 1.29 is 22.1 Å². The van der Waals surface area contributed by atoms with Gasteiger partial charge < -0.3 is 14.7 Å². The number of anilines is 2. The van der Waals surface area contributed by atoms with Gasteiger partial charge >= 0.3 is 0 Å². The van der Waals surface area contributed by atoms with Gasteiger partial charge in [0.15, 0.2) is 5.76 Å². The summed E-state index contributed by atoms with van der Waals surface area (Å²) in [7, 11) is -3.66. The molecule has 1 saturated heterocycles. The van der Waals surface area contributed by atoms with Crippen LogP contribution in [0.2, 0.25) is 0 Å². The topological polar surface area (TPSA) is 95.8 Å². The second kappa shape index (κ2) is 9.46. The average molecular weight is 491 g/mol. The number of hydrogen-bond donors (Lipinski definition) is 1. The number of sulfonamides is 1. The predicted octanol–water partition coefficient (Wildman–Crippen LogP) is 3.82. The van der Waals surface area contributed by atoms with E-state index in [1.807, 2.05) is 4.90 Å². The van der Waals surface area contributed by atoms with Crippen LogP contribution in [-0.4, -0.2) is 50.0 Å². The van der Waals surface area contributed by atoms with Crippen molar-refractivity contribution >= 4 is 50.8 Å². The van der Waals surface area contributed by atoms with Gasteiger partial charge in [-0.1, -0.05) is 17.3 Å². The van der Waals surface area contributed by atoms with E-state index < -0.39 is 10.0 Å². The van der Waals surface area contributed by atoms with Crippen LogP contribution in [0.5, 0.6) is 0 Å². The summed E-state index contributed by atoms with van der Waals surface area (Å²) in [6, 6.07) is 9.78. The fraction of sp³-hybridized carbons (Fsp3) is 0.273. The molecule has 8 nitrogen and oxygen atoms in total. The molecule has 0 saturated carbocycles. The molecule has 11 heteroatoms. The van der Waals surface area contributed by atoms with Crippen molar-refractivity contribution in [3.8, 4) is 0 Å². The summed E-state index contributed by atoms with van der Waals surface area (Å²) in [6.45, 7) is 4.48. The number of nitrogens with one attached hydrogen (secondary N) is 1. The molecule has 1 aromatic carbocycles. The highest BCUT2D eigenvalue weighted by atomic mass is 32.2. The maximum atomic E-state index is 14.0. The zero-order valence-corrected chi connectivity index (χ0v) is 19.7. The Hall–Kier alpha value is -3.02. The molecule has 3 heterocycles. The Morgan fingerprint density at radius 2 is 1.88 bits per heavy atom. The van der Waals surface area contributed by atoms with Gasteiger partial charge in [-0.3, -0.25) is 4.79 Å². The number of carbonyl (C=O) groups is 1. The first-order valence-electron chi connectivity index (χ1n) is 10.3. The lowest BCUT2D eigenvalue weighted by Crippen LogP contribution is -2.48. The summed E-state index contributed by atoms with van der Waals surface area (Å²) < 4.78 is 47.2. The quantitative estimate of drug-likeness (QED) is 0.564. The number of thiophene rings is 1. The number of hydrogen-bond acceptors (Lipinski definition) is 7. The van der Waals surface area contributed by atoms with Crippen LogP contribution in [0.1, 0.15) is 23.3 Å². The normalized spacial score (nSPS) is 15.3. The van der Waals surface area contributed by atoms with Crippen LogP contribution in [-0.2, 0) is 14.8 Å². The smallest absolute Gasteiger partial charge is 0.252 e. The second-order valence-electron chi connectivity index (χ2n) is 7.52. The number of amides is 1. The number of halogens is 1. The third-order valence-electron chi connectivity index (χ3n) is 5.22. The lowest BCUT2D eigenvalue weighted by atomic mass is 10.2. The Morgan fingerprint density at radius 1 is 1.15 bits per heavy atom. The second-order valence-corrected chi connectivity index (χ2v) is 10.8. The number of piperazine rings is 1. The molecule has 0 spiro atoms. The molecule has 174 valence electrons. The number of nitrogens with zero attached hydrogens (tertiary/aromatic N) is 3. The van der Waals surface area contributed by atoms with Crippen molar-refractivity contribution in [1.29, 1.82) is 0 Å². The Bertz CT molecular complexity index is 1290. The first kappa shape index (κ1) is 23.1. The highest BCUT2D eigenvalue weighted by molar-refractivity contribution is 7.91. The molecule has 0 aliphatic carbocycles. The van der Waals surface area contributed by atoms with Crippen LogP contribution in [0.4, 0.5) is 15.8 Å². The Morgan fingerprint density at radius 3 is 2.58 bits per heavy atom. The molecule has 4 rings (SSSR count). The van der Waals surface area contributed by atoms with E-state index in [1.54, 1.807) is 49.4 Å². The lowest BCUT2D eigenvalue weighted by molar-refractivity contribution is -0.114. The van der Waals surface area contributed by atoms with Gasteiger partial charge in [0.2, 0.25) is 5.91 Å². The molecule has 0 unspecified atom stereocenters. The Labute approximate surface area is 195 Å². The lowest BCUT2D eigenvalue weighted by Gasteiger charge is -2.35. The monoisotopic (exact) mass is 490 g/mol. The van der Waals surface area contributed by atoms with Crippen LogP contribution >= 0.6 is 11.3 Å². The van der Waals surface area contributed by atoms with Crippen LogP contribution in [0, 0.1) is 12.7 Å². The van der Waals surface area contributed by atoms with Gasteiger partial charge in [-0.05, 0) is 43.3 Å². The molecule has 1 aliphatic rings. The van der Waals surface area contributed by atoms with Crippen LogP contribution in [0.25, 0.3) is 12.2 Å². The van der Waals surface area contributed by atoms with E-state index in [0.717, 1.165) is 11.3 Å². The fourth-order valence-corrected chi connectivity index (χ4v) is 6.36. The summed E-state index contributed by atoms with van der Waals surface area (Å²) in [6.07, 6.45) is 3.35. The van der Waals surface area contributed by atoms with Gasteiger partial charge in [0.25, 0.3) is 10.0 Å². The molecule has 1 fully saturated rings. The summed E-state index contributed by atoms with van der Waals surface area (Å²) in [5.74, 6) is -0.174. The third kappa shape index (κ3) is 5.00. The van der Waals surface area contributed by atoms with Gasteiger partial charge in [0.05, 0.1) is 5.69 Å². The van der Waals surface area contributed by atoms with Gasteiger partial charge in [0, 0.05) is 38.0 Å². The minimum Gasteiger partial charge on any atom is -0.367 e. The fourth-order valence-electron chi connectivity index (χ4n) is 3.55. The minimum atomic E-state index is -3.66. The van der Waals surface area contributed by atoms with Crippen LogP contribution < -0.4 is 10.2 Å². The molecule has 33 heavy (non-hydrogen) atoms. The molecule has 3 aromatic rings. The maximum Gasteiger partial charge on any atom is 0.252 e. The highest BCUT2D eigenvalue weighted by Crippen LogP contribution is 2.29. The standard InChI is InChI=1S/C22H23FN4O4S2/c1-15-22(24-16(2)28)20(31-25-15)9-7-17-8-10-21(32-17)33(29,30)27-13-11-26(12-14-27)19-6-4-3-5-18(19)23/h3-10H,11-14H2,1-2H3,(H,24,28). The van der Waals surface area contributed by atoms with Crippen molar-refractivity contribution in [3.63, 3.8) is 0 Å². The molecular formula is C22H23FN4O4S2. The minimum absolute atomic E-state index is 0.234. The first-order chi connectivity index (χ1) is 15.8. The third-order valence-corrected chi connectivity index (χ3v) is 8.63. The summed E-state index contributed by atoms with van der Waals surface area (Å²) in [5, 5.41) is 6.53. The van der Waals surface area contributed by atoms with E-state index >= 15 is 0 Å². The molecule has 1 N–H and O–H groups in total. The molecular weight excluding hydrogens is 467 g/mol. The molecule has 2 aromatic heterocycles.